The third-order valence-corrected chi connectivity index (χ3v) is 3.87. The first-order valence-electron chi connectivity index (χ1n) is 7.45. The molecule has 0 radical (unpaired) electrons. The van der Waals surface area contributed by atoms with Gasteiger partial charge in [0.25, 0.3) is 0 Å². The van der Waals surface area contributed by atoms with Crippen LogP contribution in [0.1, 0.15) is 24.1 Å². The van der Waals surface area contributed by atoms with Gasteiger partial charge >= 0.3 is 0 Å². The monoisotopic (exact) mass is 284 g/mol. The SMILES string of the molecule is Cc1cc(COCC(=O)N2CCCC2)c2ccccc2n1. The van der Waals surface area contributed by atoms with Gasteiger partial charge in [-0.3, -0.25) is 9.78 Å². The molecule has 4 heteroatoms. The Hall–Kier alpha value is -1.94. The van der Waals surface area contributed by atoms with Gasteiger partial charge in [0.2, 0.25) is 5.91 Å². The van der Waals surface area contributed by atoms with Crippen molar-refractivity contribution in [3.05, 3.63) is 41.6 Å². The van der Waals surface area contributed by atoms with E-state index in [9.17, 15) is 4.79 Å². The standard InChI is InChI=1S/C17H20N2O2/c1-13-10-14(15-6-2-3-7-16(15)18-13)11-21-12-17(20)19-8-4-5-9-19/h2-3,6-7,10H,4-5,8-9,11-12H2,1H3. The fourth-order valence-corrected chi connectivity index (χ4v) is 2.82. The number of carbonyl (C=O) groups excluding carboxylic acids is 1. The Kier molecular flexibility index (Phi) is 4.15. The van der Waals surface area contributed by atoms with Crippen LogP contribution in [-0.4, -0.2) is 35.5 Å². The molecular weight excluding hydrogens is 264 g/mol. The van der Waals surface area contributed by atoms with Crippen LogP contribution in [-0.2, 0) is 16.1 Å². The van der Waals surface area contributed by atoms with Gasteiger partial charge in [-0.25, -0.2) is 0 Å². The summed E-state index contributed by atoms with van der Waals surface area (Å²) in [4.78, 5) is 18.4. The average molecular weight is 284 g/mol. The molecule has 21 heavy (non-hydrogen) atoms. The maximum Gasteiger partial charge on any atom is 0.248 e. The summed E-state index contributed by atoms with van der Waals surface area (Å²) in [5, 5.41) is 1.09. The maximum absolute atomic E-state index is 12.0. The summed E-state index contributed by atoms with van der Waals surface area (Å²) in [6.45, 7) is 4.34. The van der Waals surface area contributed by atoms with Gasteiger partial charge in [0, 0.05) is 24.2 Å². The van der Waals surface area contributed by atoms with Crippen LogP contribution in [0.2, 0.25) is 0 Å². The third-order valence-electron chi connectivity index (χ3n) is 3.87. The first-order valence-corrected chi connectivity index (χ1v) is 7.45. The van der Waals surface area contributed by atoms with E-state index in [4.69, 9.17) is 4.74 Å². The van der Waals surface area contributed by atoms with E-state index in [2.05, 4.69) is 4.98 Å². The number of hydrogen-bond acceptors (Lipinski definition) is 3. The number of rotatable bonds is 4. The Morgan fingerprint density at radius 2 is 2.05 bits per heavy atom. The van der Waals surface area contributed by atoms with Gasteiger partial charge in [0.05, 0.1) is 12.1 Å². The Morgan fingerprint density at radius 1 is 1.29 bits per heavy atom. The van der Waals surface area contributed by atoms with Gasteiger partial charge in [-0.15, -0.1) is 0 Å². The lowest BCUT2D eigenvalue weighted by Crippen LogP contribution is -2.31. The molecule has 2 heterocycles. The summed E-state index contributed by atoms with van der Waals surface area (Å²) >= 11 is 0. The summed E-state index contributed by atoms with van der Waals surface area (Å²) < 4.78 is 5.64. The van der Waals surface area contributed by atoms with Gasteiger partial charge in [0.15, 0.2) is 0 Å². The third kappa shape index (κ3) is 3.22. The number of amides is 1. The Balaban J connectivity index is 1.66. The van der Waals surface area contributed by atoms with E-state index in [1.54, 1.807) is 0 Å². The largest absolute Gasteiger partial charge is 0.367 e. The zero-order valence-corrected chi connectivity index (χ0v) is 12.3. The second-order valence-electron chi connectivity index (χ2n) is 5.52. The van der Waals surface area contributed by atoms with Crippen molar-refractivity contribution in [3.8, 4) is 0 Å². The molecule has 1 amide bonds. The lowest BCUT2D eigenvalue weighted by Gasteiger charge is -2.15. The fourth-order valence-electron chi connectivity index (χ4n) is 2.82. The van der Waals surface area contributed by atoms with E-state index in [0.717, 1.165) is 48.1 Å². The first-order chi connectivity index (χ1) is 10.2. The number of aryl methyl sites for hydroxylation is 1. The highest BCUT2D eigenvalue weighted by Crippen LogP contribution is 2.19. The summed E-state index contributed by atoms with van der Waals surface area (Å²) in [6.07, 6.45) is 2.22. The minimum Gasteiger partial charge on any atom is -0.367 e. The van der Waals surface area contributed by atoms with Crippen molar-refractivity contribution in [3.63, 3.8) is 0 Å². The van der Waals surface area contributed by atoms with Crippen molar-refractivity contribution in [1.82, 2.24) is 9.88 Å². The molecule has 0 spiro atoms. The number of hydrogen-bond donors (Lipinski definition) is 0. The molecule has 2 aromatic rings. The summed E-state index contributed by atoms with van der Waals surface area (Å²) in [5.74, 6) is 0.0996. The van der Waals surface area contributed by atoms with Gasteiger partial charge in [-0.1, -0.05) is 18.2 Å². The molecule has 1 saturated heterocycles. The quantitative estimate of drug-likeness (QED) is 0.867. The Morgan fingerprint density at radius 3 is 2.86 bits per heavy atom. The molecule has 1 aromatic carbocycles. The van der Waals surface area contributed by atoms with Crippen molar-refractivity contribution in [2.45, 2.75) is 26.4 Å². The van der Waals surface area contributed by atoms with Crippen LogP contribution >= 0.6 is 0 Å². The Bertz CT molecular complexity index is 648. The molecule has 1 aromatic heterocycles. The number of carbonyl (C=O) groups is 1. The van der Waals surface area contributed by atoms with E-state index in [0.29, 0.717) is 6.61 Å². The second-order valence-corrected chi connectivity index (χ2v) is 5.52. The number of para-hydroxylation sites is 1. The van der Waals surface area contributed by atoms with Crippen LogP contribution in [0.4, 0.5) is 0 Å². The maximum atomic E-state index is 12.0. The predicted octanol–water partition coefficient (Wildman–Crippen LogP) is 2.68. The fraction of sp³-hybridized carbons (Fsp3) is 0.412. The summed E-state index contributed by atoms with van der Waals surface area (Å²) in [7, 11) is 0. The number of pyridine rings is 1. The van der Waals surface area contributed by atoms with Crippen LogP contribution in [0.15, 0.2) is 30.3 Å². The average Bonchev–Trinajstić information content (AvgIpc) is 3.01. The van der Waals surface area contributed by atoms with Crippen molar-refractivity contribution in [2.24, 2.45) is 0 Å². The number of benzene rings is 1. The zero-order chi connectivity index (χ0) is 14.7. The smallest absolute Gasteiger partial charge is 0.248 e. The van der Waals surface area contributed by atoms with Crippen LogP contribution in [0, 0.1) is 6.92 Å². The molecule has 0 atom stereocenters. The van der Waals surface area contributed by atoms with Crippen LogP contribution in [0.5, 0.6) is 0 Å². The number of fused-ring (bicyclic) bond motifs is 1. The predicted molar refractivity (Wildman–Crippen MR) is 82.0 cm³/mol. The number of ether oxygens (including phenoxy) is 1. The van der Waals surface area contributed by atoms with Crippen molar-refractivity contribution in [2.75, 3.05) is 19.7 Å². The molecule has 0 saturated carbocycles. The van der Waals surface area contributed by atoms with Crippen molar-refractivity contribution >= 4 is 16.8 Å². The molecule has 0 N–H and O–H groups in total. The van der Waals surface area contributed by atoms with E-state index in [1.807, 2.05) is 42.2 Å². The van der Waals surface area contributed by atoms with Crippen molar-refractivity contribution < 1.29 is 9.53 Å². The lowest BCUT2D eigenvalue weighted by atomic mass is 10.1. The van der Waals surface area contributed by atoms with E-state index < -0.39 is 0 Å². The molecule has 1 aliphatic rings. The normalized spacial score (nSPS) is 14.8. The van der Waals surface area contributed by atoms with Gasteiger partial charge < -0.3 is 9.64 Å². The molecule has 3 rings (SSSR count). The molecule has 1 aliphatic heterocycles. The van der Waals surface area contributed by atoms with Crippen LogP contribution < -0.4 is 0 Å². The number of aromatic nitrogens is 1. The highest BCUT2D eigenvalue weighted by molar-refractivity contribution is 5.82. The van der Waals surface area contributed by atoms with Crippen LogP contribution in [0.3, 0.4) is 0 Å². The second kappa shape index (κ2) is 6.22. The van der Waals surface area contributed by atoms with Gasteiger partial charge in [0.1, 0.15) is 6.61 Å². The van der Waals surface area contributed by atoms with E-state index in [-0.39, 0.29) is 12.5 Å². The van der Waals surface area contributed by atoms with E-state index >= 15 is 0 Å². The molecule has 110 valence electrons. The molecular formula is C17H20N2O2. The summed E-state index contributed by atoms with van der Waals surface area (Å²) in [6, 6.07) is 10.1. The minimum absolute atomic E-state index is 0.0996. The molecule has 0 aliphatic carbocycles. The lowest BCUT2D eigenvalue weighted by molar-refractivity contribution is -0.135. The molecule has 4 nitrogen and oxygen atoms in total. The first kappa shape index (κ1) is 14.0. The van der Waals surface area contributed by atoms with Crippen LogP contribution in [0.25, 0.3) is 10.9 Å². The van der Waals surface area contributed by atoms with Gasteiger partial charge in [-0.05, 0) is 37.5 Å². The number of nitrogens with zero attached hydrogens (tertiary/aromatic N) is 2. The highest BCUT2D eigenvalue weighted by atomic mass is 16.5. The highest BCUT2D eigenvalue weighted by Gasteiger charge is 2.17. The van der Waals surface area contributed by atoms with E-state index in [1.165, 1.54) is 0 Å². The summed E-state index contributed by atoms with van der Waals surface area (Å²) in [5.41, 5.74) is 3.03. The topological polar surface area (TPSA) is 42.4 Å². The number of likely N-dealkylation sites (tertiary alicyclic amines) is 1. The zero-order valence-electron chi connectivity index (χ0n) is 12.3. The van der Waals surface area contributed by atoms with Crippen molar-refractivity contribution in [1.29, 1.82) is 0 Å². The molecule has 0 bridgehead atoms. The van der Waals surface area contributed by atoms with Gasteiger partial charge in [-0.2, -0.15) is 0 Å². The molecule has 0 unspecified atom stereocenters. The minimum atomic E-state index is 0.0996. The Labute approximate surface area is 124 Å². The molecule has 1 fully saturated rings.